The summed E-state index contributed by atoms with van der Waals surface area (Å²) in [6, 6.07) is 9.24. The third-order valence-electron chi connectivity index (χ3n) is 3.00. The maximum absolute atomic E-state index is 13.4. The van der Waals surface area contributed by atoms with Crippen LogP contribution in [0.5, 0.6) is 11.5 Å². The van der Waals surface area contributed by atoms with E-state index >= 15 is 0 Å². The molecule has 2 rings (SSSR count). The first-order valence-corrected chi connectivity index (χ1v) is 6.47. The van der Waals surface area contributed by atoms with Crippen LogP contribution in [0.1, 0.15) is 18.5 Å². The van der Waals surface area contributed by atoms with Crippen LogP contribution in [0.25, 0.3) is 0 Å². The fraction of sp³-hybridized carbons (Fsp3) is 0.200. The number of phenols is 1. The molecule has 0 bridgehead atoms. The zero-order valence-corrected chi connectivity index (χ0v) is 11.9. The number of rotatable bonds is 4. The van der Waals surface area contributed by atoms with Crippen LogP contribution in [-0.2, 0) is 0 Å². The van der Waals surface area contributed by atoms with Gasteiger partial charge in [-0.2, -0.15) is 0 Å². The van der Waals surface area contributed by atoms with E-state index in [1.165, 1.54) is 12.1 Å². The van der Waals surface area contributed by atoms with Gasteiger partial charge in [0, 0.05) is 11.3 Å². The SMILES string of the molecule is COc1ccc(O)c(C(C)Nc2ccc(Cl)c(F)c2)c1. The van der Waals surface area contributed by atoms with Crippen molar-refractivity contribution in [2.45, 2.75) is 13.0 Å². The topological polar surface area (TPSA) is 41.5 Å². The highest BCUT2D eigenvalue weighted by molar-refractivity contribution is 6.30. The fourth-order valence-corrected chi connectivity index (χ4v) is 2.04. The lowest BCUT2D eigenvalue weighted by Crippen LogP contribution is -2.07. The molecule has 0 aliphatic rings. The Hall–Kier alpha value is -1.94. The Bertz CT molecular complexity index is 619. The number of hydrogen-bond acceptors (Lipinski definition) is 3. The molecule has 0 saturated heterocycles. The van der Waals surface area contributed by atoms with Gasteiger partial charge in [-0.05, 0) is 43.3 Å². The van der Waals surface area contributed by atoms with Crippen molar-refractivity contribution in [3.63, 3.8) is 0 Å². The first-order chi connectivity index (χ1) is 9.51. The summed E-state index contributed by atoms with van der Waals surface area (Å²) in [7, 11) is 1.56. The van der Waals surface area contributed by atoms with Gasteiger partial charge in [-0.3, -0.25) is 0 Å². The summed E-state index contributed by atoms with van der Waals surface area (Å²) in [5, 5.41) is 13.1. The average Bonchev–Trinajstić information content (AvgIpc) is 2.43. The Kier molecular flexibility index (Phi) is 4.35. The van der Waals surface area contributed by atoms with E-state index in [1.807, 2.05) is 6.92 Å². The van der Waals surface area contributed by atoms with Crippen LogP contribution >= 0.6 is 11.6 Å². The number of anilines is 1. The second-order valence-corrected chi connectivity index (χ2v) is 4.83. The highest BCUT2D eigenvalue weighted by atomic mass is 35.5. The lowest BCUT2D eigenvalue weighted by atomic mass is 10.1. The third-order valence-corrected chi connectivity index (χ3v) is 3.31. The Morgan fingerprint density at radius 1 is 1.25 bits per heavy atom. The molecule has 0 aliphatic heterocycles. The largest absolute Gasteiger partial charge is 0.508 e. The van der Waals surface area contributed by atoms with Gasteiger partial charge in [0.25, 0.3) is 0 Å². The van der Waals surface area contributed by atoms with E-state index in [-0.39, 0.29) is 16.8 Å². The highest BCUT2D eigenvalue weighted by Gasteiger charge is 2.12. The molecular formula is C15H15ClFNO2. The summed E-state index contributed by atoms with van der Waals surface area (Å²) in [4.78, 5) is 0. The van der Waals surface area contributed by atoms with Gasteiger partial charge in [0.2, 0.25) is 0 Å². The van der Waals surface area contributed by atoms with Crippen molar-refractivity contribution in [3.05, 3.63) is 52.8 Å². The molecular weight excluding hydrogens is 281 g/mol. The van der Waals surface area contributed by atoms with Crippen LogP contribution in [0, 0.1) is 5.82 Å². The molecule has 5 heteroatoms. The predicted octanol–water partition coefficient (Wildman–Crippen LogP) is 4.37. The summed E-state index contributed by atoms with van der Waals surface area (Å²) in [6.07, 6.45) is 0. The van der Waals surface area contributed by atoms with Crippen molar-refractivity contribution in [1.82, 2.24) is 0 Å². The first kappa shape index (κ1) is 14.5. The van der Waals surface area contributed by atoms with Gasteiger partial charge < -0.3 is 15.2 Å². The minimum Gasteiger partial charge on any atom is -0.508 e. The van der Waals surface area contributed by atoms with Gasteiger partial charge in [-0.25, -0.2) is 4.39 Å². The quantitative estimate of drug-likeness (QED) is 0.880. The van der Waals surface area contributed by atoms with Crippen LogP contribution in [-0.4, -0.2) is 12.2 Å². The number of nitrogens with one attached hydrogen (secondary N) is 1. The minimum atomic E-state index is -0.487. The highest BCUT2D eigenvalue weighted by Crippen LogP contribution is 2.31. The molecule has 0 amide bonds. The van der Waals surface area contributed by atoms with Crippen molar-refractivity contribution in [1.29, 1.82) is 0 Å². The van der Waals surface area contributed by atoms with Crippen LogP contribution in [0.3, 0.4) is 0 Å². The smallest absolute Gasteiger partial charge is 0.143 e. The molecule has 2 N–H and O–H groups in total. The Morgan fingerprint density at radius 2 is 2.00 bits per heavy atom. The zero-order valence-electron chi connectivity index (χ0n) is 11.2. The molecule has 106 valence electrons. The van der Waals surface area contributed by atoms with Crippen molar-refractivity contribution >= 4 is 17.3 Å². The summed E-state index contributed by atoms with van der Waals surface area (Å²) < 4.78 is 18.5. The van der Waals surface area contributed by atoms with E-state index in [1.54, 1.807) is 31.4 Å². The number of phenolic OH excluding ortho intramolecular Hbond substituents is 1. The Labute approximate surface area is 122 Å². The van der Waals surface area contributed by atoms with Gasteiger partial charge in [0.1, 0.15) is 17.3 Å². The molecule has 0 radical (unpaired) electrons. The fourth-order valence-electron chi connectivity index (χ4n) is 1.92. The predicted molar refractivity (Wildman–Crippen MR) is 78.1 cm³/mol. The number of halogens is 2. The second-order valence-electron chi connectivity index (χ2n) is 4.42. The molecule has 0 saturated carbocycles. The van der Waals surface area contributed by atoms with Gasteiger partial charge in [-0.15, -0.1) is 0 Å². The number of methoxy groups -OCH3 is 1. The van der Waals surface area contributed by atoms with E-state index in [2.05, 4.69) is 5.32 Å². The van der Waals surface area contributed by atoms with Crippen LogP contribution < -0.4 is 10.1 Å². The lowest BCUT2D eigenvalue weighted by molar-refractivity contribution is 0.410. The summed E-state index contributed by atoms with van der Waals surface area (Å²) in [5.41, 5.74) is 1.25. The van der Waals surface area contributed by atoms with Gasteiger partial charge in [-0.1, -0.05) is 11.6 Å². The maximum atomic E-state index is 13.4. The third kappa shape index (κ3) is 3.14. The summed E-state index contributed by atoms with van der Waals surface area (Å²) in [5.74, 6) is 0.313. The molecule has 0 heterocycles. The summed E-state index contributed by atoms with van der Waals surface area (Å²) in [6.45, 7) is 1.86. The van der Waals surface area contributed by atoms with Gasteiger partial charge in [0.05, 0.1) is 18.2 Å². The average molecular weight is 296 g/mol. The Morgan fingerprint density at radius 3 is 2.65 bits per heavy atom. The van der Waals surface area contributed by atoms with Gasteiger partial charge >= 0.3 is 0 Å². The first-order valence-electron chi connectivity index (χ1n) is 6.09. The lowest BCUT2D eigenvalue weighted by Gasteiger charge is -2.18. The molecule has 0 aliphatic carbocycles. The van der Waals surface area contributed by atoms with E-state index in [0.29, 0.717) is 17.0 Å². The molecule has 1 unspecified atom stereocenters. The normalized spacial score (nSPS) is 12.0. The standard InChI is InChI=1S/C15H15ClFNO2/c1-9(12-8-11(20-2)4-6-15(12)19)18-10-3-5-13(16)14(17)7-10/h3-9,18-19H,1-2H3. The molecule has 3 nitrogen and oxygen atoms in total. The van der Waals surface area contributed by atoms with Crippen LogP contribution in [0.15, 0.2) is 36.4 Å². The molecule has 20 heavy (non-hydrogen) atoms. The van der Waals surface area contributed by atoms with E-state index in [4.69, 9.17) is 16.3 Å². The second kappa shape index (κ2) is 6.01. The van der Waals surface area contributed by atoms with E-state index in [9.17, 15) is 9.50 Å². The number of hydrogen-bond donors (Lipinski definition) is 2. The number of ether oxygens (including phenoxy) is 1. The number of aromatic hydroxyl groups is 1. The summed E-state index contributed by atoms with van der Waals surface area (Å²) >= 11 is 5.64. The van der Waals surface area contributed by atoms with Crippen molar-refractivity contribution in [2.24, 2.45) is 0 Å². The molecule has 2 aromatic carbocycles. The molecule has 0 spiro atoms. The molecule has 2 aromatic rings. The van der Waals surface area contributed by atoms with Crippen molar-refractivity contribution in [3.8, 4) is 11.5 Å². The van der Waals surface area contributed by atoms with Crippen molar-refractivity contribution in [2.75, 3.05) is 12.4 Å². The molecule has 0 fully saturated rings. The monoisotopic (exact) mass is 295 g/mol. The minimum absolute atomic E-state index is 0.0763. The van der Waals surface area contributed by atoms with Crippen LogP contribution in [0.2, 0.25) is 5.02 Å². The van der Waals surface area contributed by atoms with E-state index in [0.717, 1.165) is 0 Å². The van der Waals surface area contributed by atoms with Crippen LogP contribution in [0.4, 0.5) is 10.1 Å². The Balaban J connectivity index is 2.23. The van der Waals surface area contributed by atoms with E-state index < -0.39 is 5.82 Å². The van der Waals surface area contributed by atoms with Gasteiger partial charge in [0.15, 0.2) is 0 Å². The molecule has 0 aromatic heterocycles. The maximum Gasteiger partial charge on any atom is 0.143 e. The number of benzene rings is 2. The molecule has 1 atom stereocenters. The van der Waals surface area contributed by atoms with Crippen molar-refractivity contribution < 1.29 is 14.2 Å². The zero-order chi connectivity index (χ0) is 14.7.